The first-order chi connectivity index (χ1) is 6.52. The molecule has 1 aromatic carbocycles. The topological polar surface area (TPSA) is 26.0 Å². The SMILES string of the molecule is Cc1c(F)ccc(CC2(N)CC2)c1F. The van der Waals surface area contributed by atoms with Crippen molar-refractivity contribution in [3.05, 3.63) is 34.9 Å². The molecule has 1 saturated carbocycles. The minimum atomic E-state index is -0.492. The van der Waals surface area contributed by atoms with Crippen LogP contribution >= 0.6 is 0 Å². The van der Waals surface area contributed by atoms with Crippen LogP contribution in [0.25, 0.3) is 0 Å². The van der Waals surface area contributed by atoms with Crippen LogP contribution < -0.4 is 5.73 Å². The lowest BCUT2D eigenvalue weighted by molar-refractivity contribution is 0.544. The van der Waals surface area contributed by atoms with Gasteiger partial charge in [-0.05, 0) is 37.8 Å². The third-order valence-electron chi connectivity index (χ3n) is 2.83. The lowest BCUT2D eigenvalue weighted by Crippen LogP contribution is -2.25. The van der Waals surface area contributed by atoms with Crippen molar-refractivity contribution in [3.8, 4) is 0 Å². The fourth-order valence-corrected chi connectivity index (χ4v) is 1.57. The predicted molar refractivity (Wildman–Crippen MR) is 51.0 cm³/mol. The summed E-state index contributed by atoms with van der Waals surface area (Å²) in [6, 6.07) is 2.80. The van der Waals surface area contributed by atoms with Gasteiger partial charge in [-0.15, -0.1) is 0 Å². The Hall–Kier alpha value is -0.960. The molecule has 0 radical (unpaired) electrons. The van der Waals surface area contributed by atoms with Gasteiger partial charge in [0, 0.05) is 11.1 Å². The van der Waals surface area contributed by atoms with Gasteiger partial charge in [0.1, 0.15) is 11.6 Å². The Bertz CT molecular complexity index is 370. The van der Waals surface area contributed by atoms with Gasteiger partial charge in [-0.3, -0.25) is 0 Å². The Labute approximate surface area is 81.9 Å². The largest absolute Gasteiger partial charge is 0.325 e. The van der Waals surface area contributed by atoms with Gasteiger partial charge in [0.2, 0.25) is 0 Å². The van der Waals surface area contributed by atoms with Crippen molar-refractivity contribution in [1.29, 1.82) is 0 Å². The van der Waals surface area contributed by atoms with E-state index in [4.69, 9.17) is 5.73 Å². The van der Waals surface area contributed by atoms with Gasteiger partial charge in [-0.25, -0.2) is 8.78 Å². The van der Waals surface area contributed by atoms with E-state index in [0.717, 1.165) is 12.8 Å². The van der Waals surface area contributed by atoms with E-state index >= 15 is 0 Å². The molecule has 3 heteroatoms. The van der Waals surface area contributed by atoms with E-state index in [9.17, 15) is 8.78 Å². The zero-order valence-electron chi connectivity index (χ0n) is 8.11. The molecule has 0 spiro atoms. The van der Waals surface area contributed by atoms with Crippen LogP contribution in [-0.4, -0.2) is 5.54 Å². The highest BCUT2D eigenvalue weighted by Gasteiger charge is 2.38. The lowest BCUT2D eigenvalue weighted by atomic mass is 10.0. The van der Waals surface area contributed by atoms with E-state index in [2.05, 4.69) is 0 Å². The number of benzene rings is 1. The van der Waals surface area contributed by atoms with Crippen LogP contribution in [0.4, 0.5) is 8.78 Å². The zero-order valence-corrected chi connectivity index (χ0v) is 8.11. The smallest absolute Gasteiger partial charge is 0.132 e. The van der Waals surface area contributed by atoms with E-state index in [0.29, 0.717) is 12.0 Å². The fourth-order valence-electron chi connectivity index (χ4n) is 1.57. The molecule has 0 heterocycles. The van der Waals surface area contributed by atoms with Crippen LogP contribution in [0.1, 0.15) is 24.0 Å². The molecule has 0 unspecified atom stereocenters. The van der Waals surface area contributed by atoms with Gasteiger partial charge in [0.05, 0.1) is 0 Å². The number of nitrogens with two attached hydrogens (primary N) is 1. The molecule has 1 aliphatic carbocycles. The van der Waals surface area contributed by atoms with Crippen molar-refractivity contribution in [2.75, 3.05) is 0 Å². The molecule has 1 nitrogen and oxygen atoms in total. The van der Waals surface area contributed by atoms with Gasteiger partial charge in [-0.2, -0.15) is 0 Å². The maximum atomic E-state index is 13.5. The molecule has 0 bridgehead atoms. The molecule has 0 saturated heterocycles. The maximum absolute atomic E-state index is 13.5. The summed E-state index contributed by atoms with van der Waals surface area (Å²) < 4.78 is 26.5. The van der Waals surface area contributed by atoms with Gasteiger partial charge in [0.25, 0.3) is 0 Å². The first-order valence-electron chi connectivity index (χ1n) is 4.74. The normalized spacial score (nSPS) is 18.3. The Kier molecular flexibility index (Phi) is 2.07. The molecule has 14 heavy (non-hydrogen) atoms. The van der Waals surface area contributed by atoms with Crippen LogP contribution in [0, 0.1) is 18.6 Å². The second-order valence-electron chi connectivity index (χ2n) is 4.18. The van der Waals surface area contributed by atoms with Crippen molar-refractivity contribution in [2.45, 2.75) is 31.7 Å². The molecule has 0 aliphatic heterocycles. The zero-order chi connectivity index (χ0) is 10.3. The van der Waals surface area contributed by atoms with Gasteiger partial charge in [-0.1, -0.05) is 6.07 Å². The number of hydrogen-bond donors (Lipinski definition) is 1. The average molecular weight is 197 g/mol. The summed E-state index contributed by atoms with van der Waals surface area (Å²) >= 11 is 0. The van der Waals surface area contributed by atoms with E-state index in [1.807, 2.05) is 0 Å². The Balaban J connectivity index is 2.30. The van der Waals surface area contributed by atoms with Crippen LogP contribution in [0.2, 0.25) is 0 Å². The quantitative estimate of drug-likeness (QED) is 0.773. The predicted octanol–water partition coefficient (Wildman–Crippen LogP) is 2.31. The first kappa shape index (κ1) is 9.59. The second kappa shape index (κ2) is 3.02. The van der Waals surface area contributed by atoms with Crippen LogP contribution in [-0.2, 0) is 6.42 Å². The standard InChI is InChI=1S/C11H13F2N/c1-7-9(12)3-2-8(10(7)13)6-11(14)4-5-11/h2-3H,4-6,14H2,1H3. The van der Waals surface area contributed by atoms with E-state index in [-0.39, 0.29) is 11.1 Å². The summed E-state index contributed by atoms with van der Waals surface area (Å²) in [5.41, 5.74) is 6.27. The van der Waals surface area contributed by atoms with Crippen molar-refractivity contribution in [1.82, 2.24) is 0 Å². The fraction of sp³-hybridized carbons (Fsp3) is 0.455. The summed E-state index contributed by atoms with van der Waals surface area (Å²) in [6.07, 6.45) is 2.38. The van der Waals surface area contributed by atoms with E-state index in [1.165, 1.54) is 19.1 Å². The Morgan fingerprint density at radius 1 is 1.36 bits per heavy atom. The number of rotatable bonds is 2. The summed E-state index contributed by atoms with van der Waals surface area (Å²) in [6.45, 7) is 1.45. The third kappa shape index (κ3) is 1.64. The highest BCUT2D eigenvalue weighted by atomic mass is 19.1. The van der Waals surface area contributed by atoms with Crippen molar-refractivity contribution >= 4 is 0 Å². The lowest BCUT2D eigenvalue weighted by Gasteiger charge is -2.10. The molecule has 1 fully saturated rings. The Morgan fingerprint density at radius 2 is 2.00 bits per heavy atom. The van der Waals surface area contributed by atoms with E-state index in [1.54, 1.807) is 0 Å². The van der Waals surface area contributed by atoms with Crippen molar-refractivity contribution in [3.63, 3.8) is 0 Å². The van der Waals surface area contributed by atoms with Gasteiger partial charge < -0.3 is 5.73 Å². The molecular formula is C11H13F2N. The Morgan fingerprint density at radius 3 is 2.57 bits per heavy atom. The monoisotopic (exact) mass is 197 g/mol. The highest BCUT2D eigenvalue weighted by molar-refractivity contribution is 5.29. The molecule has 0 aromatic heterocycles. The molecular weight excluding hydrogens is 184 g/mol. The second-order valence-corrected chi connectivity index (χ2v) is 4.18. The molecule has 2 rings (SSSR count). The van der Waals surface area contributed by atoms with Crippen molar-refractivity contribution in [2.24, 2.45) is 5.73 Å². The van der Waals surface area contributed by atoms with Crippen molar-refractivity contribution < 1.29 is 8.78 Å². The van der Waals surface area contributed by atoms with Gasteiger partial charge in [0.15, 0.2) is 0 Å². The average Bonchev–Trinajstić information content (AvgIpc) is 2.86. The molecule has 1 aromatic rings. The maximum Gasteiger partial charge on any atom is 0.132 e. The highest BCUT2D eigenvalue weighted by Crippen LogP contribution is 2.36. The summed E-state index contributed by atoms with van der Waals surface area (Å²) in [7, 11) is 0. The minimum Gasteiger partial charge on any atom is -0.325 e. The molecule has 0 atom stereocenters. The summed E-state index contributed by atoms with van der Waals surface area (Å²) in [4.78, 5) is 0. The van der Waals surface area contributed by atoms with Crippen LogP contribution in [0.3, 0.4) is 0 Å². The number of halogens is 2. The van der Waals surface area contributed by atoms with E-state index < -0.39 is 11.6 Å². The van der Waals surface area contributed by atoms with Crippen LogP contribution in [0.15, 0.2) is 12.1 Å². The number of hydrogen-bond acceptors (Lipinski definition) is 1. The first-order valence-corrected chi connectivity index (χ1v) is 4.74. The summed E-state index contributed by atoms with van der Waals surface area (Å²) in [5, 5.41) is 0. The molecule has 1 aliphatic rings. The third-order valence-corrected chi connectivity index (χ3v) is 2.83. The minimum absolute atomic E-state index is 0.0896. The van der Waals surface area contributed by atoms with Crippen LogP contribution in [0.5, 0.6) is 0 Å². The molecule has 0 amide bonds. The summed E-state index contributed by atoms with van der Waals surface area (Å²) in [5.74, 6) is -0.935. The molecule has 76 valence electrons. The molecule has 2 N–H and O–H groups in total. The van der Waals surface area contributed by atoms with Gasteiger partial charge >= 0.3 is 0 Å².